The third-order valence-electron chi connectivity index (χ3n) is 3.61. The number of hydrogen-bond acceptors (Lipinski definition) is 1. The second-order valence-corrected chi connectivity index (χ2v) is 4.65. The lowest BCUT2D eigenvalue weighted by Crippen LogP contribution is -2.28. The number of halogens is 1. The molecule has 0 aromatic heterocycles. The van der Waals surface area contributed by atoms with Crippen LogP contribution in [0.5, 0.6) is 0 Å². The summed E-state index contributed by atoms with van der Waals surface area (Å²) in [5.74, 6) is 0.206. The van der Waals surface area contributed by atoms with Gasteiger partial charge in [-0.05, 0) is 36.6 Å². The normalized spacial score (nSPS) is 24.2. The highest BCUT2D eigenvalue weighted by molar-refractivity contribution is 5.67. The Morgan fingerprint density at radius 2 is 2.07 bits per heavy atom. The highest BCUT2D eigenvalue weighted by Crippen LogP contribution is 2.47. The molecule has 0 bridgehead atoms. The van der Waals surface area contributed by atoms with Gasteiger partial charge in [-0.1, -0.05) is 20.4 Å². The van der Waals surface area contributed by atoms with Crippen LogP contribution in [0, 0.1) is 11.7 Å². The summed E-state index contributed by atoms with van der Waals surface area (Å²) < 4.78 is 13.2. The van der Waals surface area contributed by atoms with Gasteiger partial charge in [0, 0.05) is 16.8 Å². The molecule has 1 unspecified atom stereocenters. The standard InChI is InChI=1S/C13H16FN/c1-8(2)13(4)9(3)15-12-6-5-10(14)7-11(12)13/h5-8,15H,3H2,1-2,4H3. The fraction of sp³-hybridized carbons (Fsp3) is 0.385. The maximum Gasteiger partial charge on any atom is 0.123 e. The number of allylic oxidation sites excluding steroid dienone is 1. The van der Waals surface area contributed by atoms with E-state index < -0.39 is 0 Å². The molecule has 1 aliphatic rings. The summed E-state index contributed by atoms with van der Waals surface area (Å²) in [6, 6.07) is 4.87. The fourth-order valence-electron chi connectivity index (χ4n) is 2.17. The molecule has 1 nitrogen and oxygen atoms in total. The Labute approximate surface area is 90.0 Å². The molecular formula is C13H16FN. The van der Waals surface area contributed by atoms with Crippen LogP contribution in [-0.2, 0) is 5.41 Å². The van der Waals surface area contributed by atoms with Gasteiger partial charge in [0.05, 0.1) is 0 Å². The van der Waals surface area contributed by atoms with Crippen LogP contribution in [0.2, 0.25) is 0 Å². The minimum atomic E-state index is -0.183. The fourth-order valence-corrected chi connectivity index (χ4v) is 2.17. The van der Waals surface area contributed by atoms with Crippen molar-refractivity contribution in [3.8, 4) is 0 Å². The molecule has 2 heteroatoms. The molecule has 15 heavy (non-hydrogen) atoms. The van der Waals surface area contributed by atoms with Crippen molar-refractivity contribution < 1.29 is 4.39 Å². The van der Waals surface area contributed by atoms with E-state index >= 15 is 0 Å². The predicted molar refractivity (Wildman–Crippen MR) is 61.4 cm³/mol. The van der Waals surface area contributed by atoms with Gasteiger partial charge in [-0.15, -0.1) is 0 Å². The molecule has 1 aliphatic heterocycles. The predicted octanol–water partition coefficient (Wildman–Crippen LogP) is 3.68. The van der Waals surface area contributed by atoms with Gasteiger partial charge in [-0.2, -0.15) is 0 Å². The van der Waals surface area contributed by atoms with Crippen LogP contribution in [0.3, 0.4) is 0 Å². The molecule has 2 rings (SSSR count). The van der Waals surface area contributed by atoms with Crippen molar-refractivity contribution in [2.24, 2.45) is 5.92 Å². The average Bonchev–Trinajstić information content (AvgIpc) is 2.42. The second kappa shape index (κ2) is 3.09. The van der Waals surface area contributed by atoms with E-state index in [1.165, 1.54) is 6.07 Å². The van der Waals surface area contributed by atoms with Crippen LogP contribution in [0.1, 0.15) is 26.3 Å². The van der Waals surface area contributed by atoms with Crippen molar-refractivity contribution in [2.45, 2.75) is 26.2 Å². The monoisotopic (exact) mass is 205 g/mol. The smallest absolute Gasteiger partial charge is 0.123 e. The van der Waals surface area contributed by atoms with Gasteiger partial charge in [-0.3, -0.25) is 0 Å². The van der Waals surface area contributed by atoms with Crippen LogP contribution in [0.4, 0.5) is 10.1 Å². The lowest BCUT2D eigenvalue weighted by molar-refractivity contribution is 0.410. The molecule has 0 radical (unpaired) electrons. The summed E-state index contributed by atoms with van der Waals surface area (Å²) in [6.07, 6.45) is 0. The number of benzene rings is 1. The Bertz CT molecular complexity index is 423. The van der Waals surface area contributed by atoms with Crippen LogP contribution >= 0.6 is 0 Å². The third-order valence-corrected chi connectivity index (χ3v) is 3.61. The van der Waals surface area contributed by atoms with Crippen molar-refractivity contribution in [3.05, 3.63) is 41.9 Å². The molecule has 1 N–H and O–H groups in total. The van der Waals surface area contributed by atoms with E-state index in [-0.39, 0.29) is 11.2 Å². The van der Waals surface area contributed by atoms with Crippen molar-refractivity contribution in [3.63, 3.8) is 0 Å². The second-order valence-electron chi connectivity index (χ2n) is 4.65. The molecule has 1 aromatic carbocycles. The first-order chi connectivity index (χ1) is 6.96. The zero-order valence-corrected chi connectivity index (χ0v) is 9.39. The molecule has 0 saturated heterocycles. The number of fused-ring (bicyclic) bond motifs is 1. The van der Waals surface area contributed by atoms with Crippen LogP contribution in [0.15, 0.2) is 30.5 Å². The summed E-state index contributed by atoms with van der Waals surface area (Å²) in [7, 11) is 0. The summed E-state index contributed by atoms with van der Waals surface area (Å²) >= 11 is 0. The Kier molecular flexibility index (Phi) is 2.10. The minimum Gasteiger partial charge on any atom is -0.358 e. The van der Waals surface area contributed by atoms with E-state index in [9.17, 15) is 4.39 Å². The Morgan fingerprint density at radius 1 is 1.40 bits per heavy atom. The van der Waals surface area contributed by atoms with Crippen molar-refractivity contribution >= 4 is 5.69 Å². The highest BCUT2D eigenvalue weighted by Gasteiger charge is 2.40. The van der Waals surface area contributed by atoms with Gasteiger partial charge in [0.25, 0.3) is 0 Å². The number of rotatable bonds is 1. The van der Waals surface area contributed by atoms with Crippen LogP contribution in [0.25, 0.3) is 0 Å². The Morgan fingerprint density at radius 3 is 2.67 bits per heavy atom. The van der Waals surface area contributed by atoms with Crippen LogP contribution in [-0.4, -0.2) is 0 Å². The van der Waals surface area contributed by atoms with Gasteiger partial charge in [0.1, 0.15) is 5.82 Å². The largest absolute Gasteiger partial charge is 0.358 e. The maximum atomic E-state index is 13.2. The molecule has 0 saturated carbocycles. The van der Waals surface area contributed by atoms with Crippen molar-refractivity contribution in [2.75, 3.05) is 5.32 Å². The van der Waals surface area contributed by atoms with Crippen molar-refractivity contribution in [1.29, 1.82) is 0 Å². The maximum absolute atomic E-state index is 13.2. The van der Waals surface area contributed by atoms with Gasteiger partial charge in [0.2, 0.25) is 0 Å². The van der Waals surface area contributed by atoms with Gasteiger partial charge < -0.3 is 5.32 Å². The summed E-state index contributed by atoms with van der Waals surface area (Å²) in [5.41, 5.74) is 2.79. The molecule has 0 amide bonds. The van der Waals surface area contributed by atoms with E-state index in [2.05, 4.69) is 32.7 Å². The SMILES string of the molecule is C=C1Nc2ccc(F)cc2C1(C)C(C)C. The molecular weight excluding hydrogens is 189 g/mol. The molecule has 1 heterocycles. The summed E-state index contributed by atoms with van der Waals surface area (Å²) in [5, 5.41) is 3.24. The summed E-state index contributed by atoms with van der Waals surface area (Å²) in [4.78, 5) is 0. The van der Waals surface area contributed by atoms with Crippen molar-refractivity contribution in [1.82, 2.24) is 0 Å². The molecule has 1 aromatic rings. The number of hydrogen-bond donors (Lipinski definition) is 1. The first-order valence-electron chi connectivity index (χ1n) is 5.22. The molecule has 0 spiro atoms. The van der Waals surface area contributed by atoms with Gasteiger partial charge in [-0.25, -0.2) is 4.39 Å². The van der Waals surface area contributed by atoms with E-state index in [0.29, 0.717) is 5.92 Å². The Balaban J connectivity index is 2.63. The van der Waals surface area contributed by atoms with E-state index in [1.54, 1.807) is 12.1 Å². The minimum absolute atomic E-state index is 0.169. The number of anilines is 1. The first-order valence-corrected chi connectivity index (χ1v) is 5.22. The lowest BCUT2D eigenvalue weighted by atomic mass is 9.73. The molecule has 1 atom stereocenters. The van der Waals surface area contributed by atoms with E-state index in [1.807, 2.05) is 0 Å². The van der Waals surface area contributed by atoms with E-state index in [4.69, 9.17) is 0 Å². The molecule has 0 fully saturated rings. The van der Waals surface area contributed by atoms with Crippen LogP contribution < -0.4 is 5.32 Å². The van der Waals surface area contributed by atoms with Gasteiger partial charge >= 0.3 is 0 Å². The zero-order valence-electron chi connectivity index (χ0n) is 9.39. The first kappa shape index (κ1) is 10.2. The van der Waals surface area contributed by atoms with E-state index in [0.717, 1.165) is 16.9 Å². The van der Waals surface area contributed by atoms with Gasteiger partial charge in [0.15, 0.2) is 0 Å². The lowest BCUT2D eigenvalue weighted by Gasteiger charge is -2.30. The average molecular weight is 205 g/mol. The topological polar surface area (TPSA) is 12.0 Å². The Hall–Kier alpha value is -1.31. The molecule has 0 aliphatic carbocycles. The number of nitrogens with one attached hydrogen (secondary N) is 1. The quantitative estimate of drug-likeness (QED) is 0.737. The third kappa shape index (κ3) is 1.28. The molecule has 80 valence electrons. The zero-order chi connectivity index (χ0) is 11.2. The summed E-state index contributed by atoms with van der Waals surface area (Å²) in [6.45, 7) is 10.4. The highest BCUT2D eigenvalue weighted by atomic mass is 19.1.